The van der Waals surface area contributed by atoms with Crippen LogP contribution in [0, 0.1) is 0 Å². The number of benzene rings is 2. The molecule has 2 aromatic heterocycles. The van der Waals surface area contributed by atoms with Gasteiger partial charge in [-0.2, -0.15) is 0 Å². The molecule has 0 spiro atoms. The van der Waals surface area contributed by atoms with E-state index < -0.39 is 15.6 Å². The summed E-state index contributed by atoms with van der Waals surface area (Å²) >= 11 is 6.12. The van der Waals surface area contributed by atoms with Gasteiger partial charge in [-0.3, -0.25) is 9.51 Å². The van der Waals surface area contributed by atoms with Gasteiger partial charge in [0.15, 0.2) is 27.3 Å². The van der Waals surface area contributed by atoms with Gasteiger partial charge < -0.3 is 5.32 Å². The molecule has 0 atom stereocenters. The van der Waals surface area contributed by atoms with Crippen molar-refractivity contribution in [2.24, 2.45) is 0 Å². The molecule has 0 unspecified atom stereocenters. The molecule has 0 bridgehead atoms. The Bertz CT molecular complexity index is 1480. The minimum absolute atomic E-state index is 0.0486. The molecule has 1 aliphatic heterocycles. The molecule has 2 N–H and O–H groups in total. The Kier molecular flexibility index (Phi) is 5.03. The van der Waals surface area contributed by atoms with E-state index in [2.05, 4.69) is 29.9 Å². The molecular weight excluding hydrogens is 454 g/mol. The zero-order valence-corrected chi connectivity index (χ0v) is 18.1. The number of hydrogen-bond donors (Lipinski definition) is 2. The Morgan fingerprint density at radius 2 is 1.88 bits per heavy atom. The Morgan fingerprint density at radius 1 is 1.06 bits per heavy atom. The number of nitrogens with one attached hydrogen (secondary N) is 2. The number of aryl methyl sites for hydroxylation is 1. The molecule has 0 saturated heterocycles. The first-order chi connectivity index (χ1) is 15.4. The summed E-state index contributed by atoms with van der Waals surface area (Å²) in [5, 5.41) is 7.31. The second-order valence-corrected chi connectivity index (χ2v) is 9.73. The van der Waals surface area contributed by atoms with Crippen LogP contribution in [-0.4, -0.2) is 34.3 Å². The van der Waals surface area contributed by atoms with Gasteiger partial charge in [0.2, 0.25) is 0 Å². The SMILES string of the molecule is O=c1[nH]c(-c2ccc(Nc3nc(-c4cccc(Cl)c4)nc4c3S(=O)(=O)CCC4)cc2)no1. The molecule has 0 saturated carbocycles. The predicted molar refractivity (Wildman–Crippen MR) is 119 cm³/mol. The largest absolute Gasteiger partial charge is 0.439 e. The van der Waals surface area contributed by atoms with Crippen molar-refractivity contribution in [2.75, 3.05) is 11.1 Å². The number of aromatic nitrogens is 4. The summed E-state index contributed by atoms with van der Waals surface area (Å²) in [6.07, 6.45) is 1.04. The maximum absolute atomic E-state index is 12.8. The average molecular weight is 470 g/mol. The summed E-state index contributed by atoms with van der Waals surface area (Å²) in [4.78, 5) is 22.8. The molecule has 5 rings (SSSR count). The fraction of sp³-hybridized carbons (Fsp3) is 0.143. The molecule has 32 heavy (non-hydrogen) atoms. The lowest BCUT2D eigenvalue weighted by Gasteiger charge is -2.20. The molecular formula is C21H16ClN5O4S. The highest BCUT2D eigenvalue weighted by Gasteiger charge is 2.30. The monoisotopic (exact) mass is 469 g/mol. The fourth-order valence-corrected chi connectivity index (χ4v) is 5.39. The maximum Gasteiger partial charge on any atom is 0.439 e. The summed E-state index contributed by atoms with van der Waals surface area (Å²) in [5.41, 5.74) is 2.42. The standard InChI is InChI=1S/C21H16ClN5O4S/c22-14-4-1-3-13(11-14)18-24-16-5-2-10-32(29,30)17(16)20(25-18)23-15-8-6-12(7-9-15)19-26-21(28)31-27-19/h1,3-4,6-9,11H,2,5,10H2,(H,23,24,25)(H,26,27,28). The van der Waals surface area contributed by atoms with Gasteiger partial charge in [-0.15, -0.1) is 0 Å². The number of rotatable bonds is 4. The summed E-state index contributed by atoms with van der Waals surface area (Å²) in [6, 6.07) is 14.0. The van der Waals surface area contributed by atoms with Crippen molar-refractivity contribution in [1.82, 2.24) is 20.1 Å². The predicted octanol–water partition coefficient (Wildman–Crippen LogP) is 3.60. The van der Waals surface area contributed by atoms with Gasteiger partial charge in [0, 0.05) is 21.8 Å². The lowest BCUT2D eigenvalue weighted by atomic mass is 10.1. The van der Waals surface area contributed by atoms with Crippen LogP contribution in [0.2, 0.25) is 5.02 Å². The van der Waals surface area contributed by atoms with Crippen LogP contribution >= 0.6 is 11.6 Å². The molecule has 0 radical (unpaired) electrons. The van der Waals surface area contributed by atoms with E-state index in [1.807, 2.05) is 6.07 Å². The number of aromatic amines is 1. The van der Waals surface area contributed by atoms with E-state index in [0.29, 0.717) is 52.0 Å². The number of nitrogens with zero attached hydrogens (tertiary/aromatic N) is 3. The topological polar surface area (TPSA) is 131 Å². The van der Waals surface area contributed by atoms with Gasteiger partial charge in [0.25, 0.3) is 0 Å². The Balaban J connectivity index is 1.57. The van der Waals surface area contributed by atoms with Crippen LogP contribution in [0.3, 0.4) is 0 Å². The van der Waals surface area contributed by atoms with Crippen LogP contribution in [0.5, 0.6) is 0 Å². The highest BCUT2D eigenvalue weighted by Crippen LogP contribution is 2.34. The van der Waals surface area contributed by atoms with Gasteiger partial charge in [-0.1, -0.05) is 28.9 Å². The molecule has 11 heteroatoms. The quantitative estimate of drug-likeness (QED) is 0.463. The first kappa shape index (κ1) is 20.4. The third-order valence-electron chi connectivity index (χ3n) is 5.02. The van der Waals surface area contributed by atoms with Crippen molar-refractivity contribution in [2.45, 2.75) is 17.7 Å². The van der Waals surface area contributed by atoms with E-state index in [1.165, 1.54) is 0 Å². The van der Waals surface area contributed by atoms with Crippen molar-refractivity contribution >= 4 is 32.9 Å². The van der Waals surface area contributed by atoms with Crippen LogP contribution in [0.4, 0.5) is 11.5 Å². The van der Waals surface area contributed by atoms with Crippen molar-refractivity contribution in [3.8, 4) is 22.8 Å². The van der Waals surface area contributed by atoms with E-state index in [4.69, 9.17) is 11.6 Å². The van der Waals surface area contributed by atoms with Crippen molar-refractivity contribution in [3.63, 3.8) is 0 Å². The number of halogens is 1. The zero-order valence-electron chi connectivity index (χ0n) is 16.5. The van der Waals surface area contributed by atoms with E-state index in [9.17, 15) is 13.2 Å². The molecule has 2 aromatic carbocycles. The zero-order chi connectivity index (χ0) is 22.3. The molecule has 9 nitrogen and oxygen atoms in total. The minimum Gasteiger partial charge on any atom is -0.339 e. The number of anilines is 2. The van der Waals surface area contributed by atoms with E-state index >= 15 is 0 Å². The normalized spacial score (nSPS) is 14.7. The highest BCUT2D eigenvalue weighted by atomic mass is 35.5. The Morgan fingerprint density at radius 3 is 2.59 bits per heavy atom. The summed E-state index contributed by atoms with van der Waals surface area (Å²) < 4.78 is 30.2. The van der Waals surface area contributed by atoms with Crippen LogP contribution in [0.15, 0.2) is 62.7 Å². The third kappa shape index (κ3) is 3.90. The molecule has 162 valence electrons. The van der Waals surface area contributed by atoms with Gasteiger partial charge in [0.05, 0.1) is 11.4 Å². The highest BCUT2D eigenvalue weighted by molar-refractivity contribution is 7.91. The summed E-state index contributed by atoms with van der Waals surface area (Å²) in [6.45, 7) is 0. The molecule has 3 heterocycles. The smallest absolute Gasteiger partial charge is 0.339 e. The molecule has 0 amide bonds. The Hall–Kier alpha value is -3.50. The maximum atomic E-state index is 12.8. The van der Waals surface area contributed by atoms with Crippen molar-refractivity contribution < 1.29 is 12.9 Å². The fourth-order valence-electron chi connectivity index (χ4n) is 3.57. The lowest BCUT2D eigenvalue weighted by molar-refractivity contribution is 0.388. The summed E-state index contributed by atoms with van der Waals surface area (Å²) in [7, 11) is -3.52. The lowest BCUT2D eigenvalue weighted by Crippen LogP contribution is -2.20. The van der Waals surface area contributed by atoms with Crippen LogP contribution in [0.25, 0.3) is 22.8 Å². The van der Waals surface area contributed by atoms with Gasteiger partial charge in [-0.25, -0.2) is 23.2 Å². The van der Waals surface area contributed by atoms with Gasteiger partial charge in [-0.05, 0) is 49.2 Å². The number of fused-ring (bicyclic) bond motifs is 1. The van der Waals surface area contributed by atoms with Gasteiger partial charge in [0.1, 0.15) is 4.90 Å². The first-order valence-corrected chi connectivity index (χ1v) is 11.8. The Labute approximate surface area is 187 Å². The van der Waals surface area contributed by atoms with Crippen LogP contribution in [-0.2, 0) is 16.3 Å². The average Bonchev–Trinajstić information content (AvgIpc) is 3.20. The third-order valence-corrected chi connectivity index (χ3v) is 7.13. The molecule has 0 aliphatic carbocycles. The number of sulfone groups is 1. The van der Waals surface area contributed by atoms with Crippen LogP contribution < -0.4 is 11.1 Å². The first-order valence-electron chi connectivity index (χ1n) is 9.72. The van der Waals surface area contributed by atoms with Crippen molar-refractivity contribution in [1.29, 1.82) is 0 Å². The van der Waals surface area contributed by atoms with E-state index in [1.54, 1.807) is 42.5 Å². The van der Waals surface area contributed by atoms with Gasteiger partial charge >= 0.3 is 5.76 Å². The minimum atomic E-state index is -3.52. The van der Waals surface area contributed by atoms with Crippen molar-refractivity contribution in [3.05, 3.63) is 69.8 Å². The van der Waals surface area contributed by atoms with Crippen LogP contribution in [0.1, 0.15) is 12.1 Å². The van der Waals surface area contributed by atoms with E-state index in [-0.39, 0.29) is 16.5 Å². The number of H-pyrrole nitrogens is 1. The molecule has 4 aromatic rings. The molecule has 0 fully saturated rings. The summed E-state index contributed by atoms with van der Waals surface area (Å²) in [5.74, 6) is 0.308. The van der Waals surface area contributed by atoms with E-state index in [0.717, 1.165) is 0 Å². The number of hydrogen-bond acceptors (Lipinski definition) is 8. The second-order valence-electron chi connectivity index (χ2n) is 7.25. The second kappa shape index (κ2) is 7.88. The molecule has 1 aliphatic rings.